The summed E-state index contributed by atoms with van der Waals surface area (Å²) in [7, 11) is 1.77. The molecule has 0 atom stereocenters. The van der Waals surface area contributed by atoms with Gasteiger partial charge in [0.1, 0.15) is 5.69 Å². The first kappa shape index (κ1) is 22.4. The minimum absolute atomic E-state index is 0.0710. The molecule has 0 aliphatic carbocycles. The highest BCUT2D eigenvalue weighted by Gasteiger charge is 2.18. The molecule has 162 valence electrons. The van der Waals surface area contributed by atoms with E-state index in [0.717, 1.165) is 23.4 Å². The normalized spacial score (nSPS) is 10.7. The molecule has 0 aliphatic heterocycles. The van der Waals surface area contributed by atoms with Crippen LogP contribution in [0.25, 0.3) is 5.69 Å². The van der Waals surface area contributed by atoms with E-state index in [1.807, 2.05) is 54.6 Å². The van der Waals surface area contributed by atoms with Crippen LogP contribution >= 0.6 is 11.8 Å². The number of carbonyl (C=O) groups excluding carboxylic acids is 2. The lowest BCUT2D eigenvalue weighted by Crippen LogP contribution is -2.24. The van der Waals surface area contributed by atoms with E-state index < -0.39 is 0 Å². The minimum Gasteiger partial charge on any atom is -0.325 e. The molecule has 0 saturated carbocycles. The van der Waals surface area contributed by atoms with Gasteiger partial charge in [-0.15, -0.1) is 11.8 Å². The zero-order valence-corrected chi connectivity index (χ0v) is 18.7. The molecule has 7 nitrogen and oxygen atoms in total. The van der Waals surface area contributed by atoms with E-state index >= 15 is 0 Å². The number of benzene rings is 2. The molecule has 0 radical (unpaired) electrons. The van der Waals surface area contributed by atoms with E-state index in [0.29, 0.717) is 5.69 Å². The molecule has 1 aromatic heterocycles. The summed E-state index contributed by atoms with van der Waals surface area (Å²) in [5.74, 6) is -0.280. The molecule has 8 heteroatoms. The Bertz CT molecular complexity index is 1140. The summed E-state index contributed by atoms with van der Waals surface area (Å²) in [6.07, 6.45) is 0.892. The number of amides is 2. The Hall–Kier alpha value is -3.26. The average Bonchev–Trinajstić information content (AvgIpc) is 2.97. The summed E-state index contributed by atoms with van der Waals surface area (Å²) in [4.78, 5) is 37.4. The van der Waals surface area contributed by atoms with Crippen molar-refractivity contribution in [2.45, 2.75) is 20.3 Å². The van der Waals surface area contributed by atoms with Crippen LogP contribution in [-0.2, 0) is 23.1 Å². The van der Waals surface area contributed by atoms with Crippen LogP contribution in [0.2, 0.25) is 0 Å². The predicted molar refractivity (Wildman–Crippen MR) is 126 cm³/mol. The maximum atomic E-state index is 12.8. The summed E-state index contributed by atoms with van der Waals surface area (Å²) in [5.41, 5.74) is 3.22. The van der Waals surface area contributed by atoms with Crippen molar-refractivity contribution in [3.05, 3.63) is 76.2 Å². The van der Waals surface area contributed by atoms with E-state index in [9.17, 15) is 14.4 Å². The van der Waals surface area contributed by atoms with Crippen molar-refractivity contribution in [3.8, 4) is 5.69 Å². The number of hydrogen-bond acceptors (Lipinski definition) is 4. The zero-order valence-electron chi connectivity index (χ0n) is 17.8. The van der Waals surface area contributed by atoms with E-state index in [-0.39, 0.29) is 34.6 Å². The number of nitrogens with zero attached hydrogens (tertiary/aromatic N) is 2. The summed E-state index contributed by atoms with van der Waals surface area (Å²) >= 11 is 1.20. The smallest absolute Gasteiger partial charge is 0.295 e. The highest BCUT2D eigenvalue weighted by Crippen LogP contribution is 2.15. The van der Waals surface area contributed by atoms with Gasteiger partial charge in [-0.1, -0.05) is 37.3 Å². The first-order chi connectivity index (χ1) is 14.9. The molecule has 0 bridgehead atoms. The van der Waals surface area contributed by atoms with E-state index in [2.05, 4.69) is 17.6 Å². The highest BCUT2D eigenvalue weighted by atomic mass is 32.2. The maximum absolute atomic E-state index is 12.8. The number of anilines is 2. The van der Waals surface area contributed by atoms with Crippen molar-refractivity contribution in [2.75, 3.05) is 22.1 Å². The van der Waals surface area contributed by atoms with Gasteiger partial charge in [0.25, 0.3) is 5.56 Å². The zero-order chi connectivity index (χ0) is 22.4. The van der Waals surface area contributed by atoms with Crippen molar-refractivity contribution in [1.29, 1.82) is 0 Å². The number of aryl methyl sites for hydroxylation is 1. The fraction of sp³-hybridized carbons (Fsp3) is 0.261. The summed E-state index contributed by atoms with van der Waals surface area (Å²) in [5, 5.41) is 5.54. The Morgan fingerprint density at radius 2 is 1.65 bits per heavy atom. The topological polar surface area (TPSA) is 85.1 Å². The molecule has 3 rings (SSSR count). The van der Waals surface area contributed by atoms with Crippen molar-refractivity contribution >= 4 is 35.0 Å². The molecule has 1 heterocycles. The Morgan fingerprint density at radius 1 is 0.968 bits per heavy atom. The Morgan fingerprint density at radius 3 is 2.32 bits per heavy atom. The van der Waals surface area contributed by atoms with Crippen LogP contribution in [-0.4, -0.2) is 32.7 Å². The van der Waals surface area contributed by atoms with Crippen LogP contribution in [0, 0.1) is 6.92 Å². The molecule has 0 saturated heterocycles. The Kier molecular flexibility index (Phi) is 7.36. The van der Waals surface area contributed by atoms with Gasteiger partial charge in [-0.25, -0.2) is 4.68 Å². The van der Waals surface area contributed by atoms with E-state index in [1.54, 1.807) is 18.7 Å². The lowest BCUT2D eigenvalue weighted by Gasteiger charge is -2.07. The third-order valence-corrected chi connectivity index (χ3v) is 5.84. The lowest BCUT2D eigenvalue weighted by atomic mass is 10.1. The molecule has 2 aromatic carbocycles. The third-order valence-electron chi connectivity index (χ3n) is 4.90. The highest BCUT2D eigenvalue weighted by molar-refractivity contribution is 8.00. The van der Waals surface area contributed by atoms with Gasteiger partial charge < -0.3 is 10.6 Å². The van der Waals surface area contributed by atoms with Gasteiger partial charge in [0.05, 0.1) is 22.9 Å². The van der Waals surface area contributed by atoms with Crippen LogP contribution in [0.3, 0.4) is 0 Å². The lowest BCUT2D eigenvalue weighted by molar-refractivity contribution is -0.114. The number of carbonyl (C=O) groups is 2. The summed E-state index contributed by atoms with van der Waals surface area (Å²) < 4.78 is 3.22. The fourth-order valence-electron chi connectivity index (χ4n) is 3.19. The maximum Gasteiger partial charge on any atom is 0.295 e. The quantitative estimate of drug-likeness (QED) is 0.565. The number of para-hydroxylation sites is 1. The molecule has 2 N–H and O–H groups in total. The van der Waals surface area contributed by atoms with Gasteiger partial charge >= 0.3 is 0 Å². The molecular weight excluding hydrogens is 412 g/mol. The molecule has 31 heavy (non-hydrogen) atoms. The molecule has 0 aliphatic rings. The van der Waals surface area contributed by atoms with Gasteiger partial charge in [-0.3, -0.25) is 19.1 Å². The van der Waals surface area contributed by atoms with Gasteiger partial charge in [0, 0.05) is 12.7 Å². The molecule has 0 unspecified atom stereocenters. The molecule has 2 amide bonds. The largest absolute Gasteiger partial charge is 0.325 e. The predicted octanol–water partition coefficient (Wildman–Crippen LogP) is 3.36. The fourth-order valence-corrected chi connectivity index (χ4v) is 3.81. The number of aromatic nitrogens is 2. The van der Waals surface area contributed by atoms with Crippen LogP contribution in [0.4, 0.5) is 11.4 Å². The monoisotopic (exact) mass is 438 g/mol. The van der Waals surface area contributed by atoms with Crippen molar-refractivity contribution < 1.29 is 9.59 Å². The standard InChI is InChI=1S/C23H26N4O3S/c1-4-17-9-8-10-18(13-17)24-20(28)14-31-15-21(29)25-22-16(2)26(3)27(23(22)30)19-11-6-5-7-12-19/h5-13H,4,14-15H2,1-3H3,(H,24,28)(H,25,29). The van der Waals surface area contributed by atoms with Gasteiger partial charge in [0.15, 0.2) is 0 Å². The molecular formula is C23H26N4O3S. The van der Waals surface area contributed by atoms with Gasteiger partial charge in [-0.05, 0) is 43.2 Å². The molecule has 0 fully saturated rings. The first-order valence-electron chi connectivity index (χ1n) is 10.0. The van der Waals surface area contributed by atoms with Gasteiger partial charge in [-0.2, -0.15) is 0 Å². The van der Waals surface area contributed by atoms with Crippen LogP contribution in [0.5, 0.6) is 0 Å². The van der Waals surface area contributed by atoms with Gasteiger partial charge in [0.2, 0.25) is 11.8 Å². The Labute approximate surface area is 185 Å². The number of hydrogen-bond donors (Lipinski definition) is 2. The molecule has 3 aromatic rings. The van der Waals surface area contributed by atoms with Crippen molar-refractivity contribution in [1.82, 2.24) is 9.36 Å². The first-order valence-corrected chi connectivity index (χ1v) is 11.2. The number of thioether (sulfide) groups is 1. The van der Waals surface area contributed by atoms with Crippen molar-refractivity contribution in [2.24, 2.45) is 7.05 Å². The Balaban J connectivity index is 1.56. The van der Waals surface area contributed by atoms with Crippen molar-refractivity contribution in [3.63, 3.8) is 0 Å². The van der Waals surface area contributed by atoms with Crippen LogP contribution in [0.15, 0.2) is 59.4 Å². The second kappa shape index (κ2) is 10.2. The van der Waals surface area contributed by atoms with Crippen LogP contribution in [0.1, 0.15) is 18.2 Å². The van der Waals surface area contributed by atoms with E-state index in [4.69, 9.17) is 0 Å². The second-order valence-corrected chi connectivity index (χ2v) is 8.07. The summed E-state index contributed by atoms with van der Waals surface area (Å²) in [6, 6.07) is 16.9. The number of rotatable bonds is 8. The van der Waals surface area contributed by atoms with Crippen LogP contribution < -0.4 is 16.2 Å². The SMILES string of the molecule is CCc1cccc(NC(=O)CSCC(=O)Nc2c(C)n(C)n(-c3ccccc3)c2=O)c1. The minimum atomic E-state index is -0.322. The molecule has 0 spiro atoms. The summed E-state index contributed by atoms with van der Waals surface area (Å²) in [6.45, 7) is 3.83. The third kappa shape index (κ3) is 5.46. The van der Waals surface area contributed by atoms with E-state index in [1.165, 1.54) is 16.4 Å². The second-order valence-electron chi connectivity index (χ2n) is 7.08. The average molecular weight is 439 g/mol. The number of nitrogens with one attached hydrogen (secondary N) is 2.